The number of rotatable bonds is 5. The molecule has 0 aliphatic rings. The molecule has 110 valence electrons. The van der Waals surface area contributed by atoms with E-state index in [4.69, 9.17) is 0 Å². The molecule has 1 aromatic carbocycles. The van der Waals surface area contributed by atoms with Crippen LogP contribution in [0.15, 0.2) is 43.0 Å². The molecule has 1 nitrogen and oxygen atoms in total. The number of allylic oxidation sites excluding steroid dienone is 1. The molecule has 21 heavy (non-hydrogen) atoms. The summed E-state index contributed by atoms with van der Waals surface area (Å²) in [6.07, 6.45) is 4.26. The smallest absolute Gasteiger partial charge is 1.00 e. The van der Waals surface area contributed by atoms with Gasteiger partial charge in [0.05, 0.1) is 0 Å². The van der Waals surface area contributed by atoms with Crippen LogP contribution >= 0.6 is 0 Å². The van der Waals surface area contributed by atoms with Crippen molar-refractivity contribution in [1.82, 2.24) is 0 Å². The zero-order chi connectivity index (χ0) is 14.4. The molecule has 0 aromatic heterocycles. The quantitative estimate of drug-likeness (QED) is 0.294. The minimum absolute atomic E-state index is 0. The van der Waals surface area contributed by atoms with E-state index in [0.717, 1.165) is 18.4 Å². The van der Waals surface area contributed by atoms with Gasteiger partial charge in [-0.1, -0.05) is 61.5 Å². The molecule has 0 spiro atoms. The van der Waals surface area contributed by atoms with E-state index in [-0.39, 0.29) is 36.5 Å². The van der Waals surface area contributed by atoms with Gasteiger partial charge in [-0.05, 0) is 25.0 Å². The van der Waals surface area contributed by atoms with Crippen molar-refractivity contribution in [3.63, 3.8) is 0 Å². The van der Waals surface area contributed by atoms with Gasteiger partial charge in [-0.25, -0.2) is 0 Å². The first-order chi connectivity index (χ1) is 8.89. The van der Waals surface area contributed by atoms with Crippen LogP contribution in [0.4, 0.5) is 0 Å². The molecule has 1 unspecified atom stereocenters. The molecular weight excluding hydrogens is 394 g/mol. The first-order valence-electron chi connectivity index (χ1n) is 6.78. The predicted octanol–water partition coefficient (Wildman–Crippen LogP) is 0.372. The predicted molar refractivity (Wildman–Crippen MR) is 83.4 cm³/mol. The van der Waals surface area contributed by atoms with E-state index in [1.807, 2.05) is 36.4 Å². The second-order valence-electron chi connectivity index (χ2n) is 5.87. The van der Waals surface area contributed by atoms with Crippen molar-refractivity contribution in [1.29, 1.82) is 0 Å². The van der Waals surface area contributed by atoms with Crippen LogP contribution in [0, 0.1) is 11.8 Å². The molecule has 1 rings (SSSR count). The summed E-state index contributed by atoms with van der Waals surface area (Å²) in [6.45, 7) is 10.0. The van der Waals surface area contributed by atoms with Crippen molar-refractivity contribution in [3.05, 3.63) is 48.6 Å². The fourth-order valence-electron chi connectivity index (χ4n) is 1.81. The van der Waals surface area contributed by atoms with Gasteiger partial charge < -0.3 is 22.1 Å². The van der Waals surface area contributed by atoms with Gasteiger partial charge in [0, 0.05) is 13.6 Å². The molecule has 1 aromatic rings. The summed E-state index contributed by atoms with van der Waals surface area (Å²) < 4.78 is 0. The fourth-order valence-corrected chi connectivity index (χ4v) is 3.18. The molecule has 0 aliphatic heterocycles. The summed E-state index contributed by atoms with van der Waals surface area (Å²) >= 11 is 0. The molecule has 0 saturated heterocycles. The molecule has 1 atom stereocenters. The Labute approximate surface area is 153 Å². The van der Waals surface area contributed by atoms with Crippen LogP contribution in [0.2, 0.25) is 19.6 Å². The molecule has 0 fully saturated rings. The topological polar surface area (TPSA) is 23.1 Å². The molecule has 4 heteroatoms. The summed E-state index contributed by atoms with van der Waals surface area (Å²) in [5.74, 6) is 6.10. The second-order valence-corrected chi connectivity index (χ2v) is 11.2. The van der Waals surface area contributed by atoms with Gasteiger partial charge in [0.2, 0.25) is 0 Å². The van der Waals surface area contributed by atoms with E-state index in [1.165, 1.54) is 0 Å². The van der Waals surface area contributed by atoms with Crippen molar-refractivity contribution in [2.24, 2.45) is 0 Å². The van der Waals surface area contributed by atoms with E-state index in [1.54, 1.807) is 0 Å². The number of hydrogen-bond acceptors (Lipinski definition) is 1. The minimum atomic E-state index is -1.88. The number of benzene rings is 1. The summed E-state index contributed by atoms with van der Waals surface area (Å²) in [7, 11) is -1.88. The van der Waals surface area contributed by atoms with Gasteiger partial charge in [0.15, 0.2) is 0 Å². The number of unbranched alkanes of at least 4 members (excludes halogenated alkanes) is 1. The Balaban J connectivity index is 0. The van der Waals surface area contributed by atoms with Crippen LogP contribution in [-0.4, -0.2) is 13.3 Å². The standard InChI is InChI=1S/C17H23OSi.BrH.Zn/c1-5-6-10-14-17(18,19(2,3)4)15-13-16-11-8-7-9-12-16;;/h5,7-9,11-12H,1,6,10,14H2,2-4H3;1H;/q-1;;+2/p-1. The zero-order valence-corrected chi connectivity index (χ0v) is 18.8. The van der Waals surface area contributed by atoms with Gasteiger partial charge >= 0.3 is 19.5 Å². The third-order valence-corrected chi connectivity index (χ3v) is 6.13. The third-order valence-electron chi connectivity index (χ3n) is 3.33. The molecule has 0 amide bonds. The Morgan fingerprint density at radius 1 is 1.24 bits per heavy atom. The van der Waals surface area contributed by atoms with E-state index >= 15 is 0 Å². The summed E-state index contributed by atoms with van der Waals surface area (Å²) in [4.78, 5) is 0. The molecule has 0 radical (unpaired) electrons. The number of halogens is 1. The first kappa shape index (κ1) is 23.1. The van der Waals surface area contributed by atoms with Gasteiger partial charge in [-0.15, -0.1) is 12.5 Å². The van der Waals surface area contributed by atoms with Crippen LogP contribution in [0.25, 0.3) is 0 Å². The largest absolute Gasteiger partial charge is 2.00 e. The normalized spacial score (nSPS) is 12.8. The van der Waals surface area contributed by atoms with E-state index in [2.05, 4.69) is 38.1 Å². The monoisotopic (exact) mass is 414 g/mol. The van der Waals surface area contributed by atoms with Gasteiger partial charge in [0.25, 0.3) is 0 Å². The maximum Gasteiger partial charge on any atom is 2.00 e. The molecule has 0 heterocycles. The zero-order valence-electron chi connectivity index (χ0n) is 13.3. The maximum atomic E-state index is 13.0. The Morgan fingerprint density at radius 2 is 1.81 bits per heavy atom. The summed E-state index contributed by atoms with van der Waals surface area (Å²) in [5.41, 5.74) is 0.921. The Morgan fingerprint density at radius 3 is 2.29 bits per heavy atom. The number of hydrogen-bond donors (Lipinski definition) is 0. The van der Waals surface area contributed by atoms with Crippen molar-refractivity contribution in [3.8, 4) is 11.8 Å². The Kier molecular flexibility index (Phi) is 11.6. The van der Waals surface area contributed by atoms with Crippen molar-refractivity contribution in [2.75, 3.05) is 0 Å². The van der Waals surface area contributed by atoms with Crippen molar-refractivity contribution < 1.29 is 41.6 Å². The SMILES string of the molecule is C=CCCCC([O-])(C#Cc1ccccc1)[Si](C)(C)C.[Br-].[Zn+2]. The fraction of sp³-hybridized carbons (Fsp3) is 0.412. The van der Waals surface area contributed by atoms with Gasteiger partial charge in [-0.3, -0.25) is 0 Å². The van der Waals surface area contributed by atoms with E-state index < -0.39 is 13.3 Å². The molecule has 0 bridgehead atoms. The van der Waals surface area contributed by atoms with Crippen LogP contribution in [-0.2, 0) is 19.5 Å². The third kappa shape index (κ3) is 7.56. The average molecular weight is 417 g/mol. The molecule has 0 aliphatic carbocycles. The van der Waals surface area contributed by atoms with Crippen molar-refractivity contribution in [2.45, 2.75) is 44.1 Å². The first-order valence-corrected chi connectivity index (χ1v) is 10.3. The van der Waals surface area contributed by atoms with Crippen LogP contribution in [0.3, 0.4) is 0 Å². The summed E-state index contributed by atoms with van der Waals surface area (Å²) in [6, 6.07) is 9.74. The average Bonchev–Trinajstić information content (AvgIpc) is 2.37. The molecular formula is C17H23BrOSiZn. The van der Waals surface area contributed by atoms with Gasteiger partial charge in [0.1, 0.15) is 0 Å². The van der Waals surface area contributed by atoms with E-state index in [0.29, 0.717) is 6.42 Å². The maximum absolute atomic E-state index is 13.0. The second kappa shape index (κ2) is 10.5. The van der Waals surface area contributed by atoms with Crippen LogP contribution in [0.1, 0.15) is 24.8 Å². The molecule has 0 N–H and O–H groups in total. The van der Waals surface area contributed by atoms with Crippen LogP contribution < -0.4 is 22.1 Å². The Bertz CT molecular complexity index is 473. The Hall–Kier alpha value is -0.200. The van der Waals surface area contributed by atoms with E-state index in [9.17, 15) is 5.11 Å². The molecule has 0 saturated carbocycles. The minimum Gasteiger partial charge on any atom is -1.00 e. The summed E-state index contributed by atoms with van der Waals surface area (Å²) in [5, 5.41) is 11.9. The van der Waals surface area contributed by atoms with Crippen LogP contribution in [0.5, 0.6) is 0 Å². The van der Waals surface area contributed by atoms with Crippen molar-refractivity contribution >= 4 is 8.07 Å². The van der Waals surface area contributed by atoms with Gasteiger partial charge in [-0.2, -0.15) is 0 Å².